The molecule has 0 amide bonds. The number of hydrogen-bond acceptors (Lipinski definition) is 5. The van der Waals surface area contributed by atoms with Gasteiger partial charge in [-0.15, -0.1) is 0 Å². The van der Waals surface area contributed by atoms with Crippen LogP contribution in [0.1, 0.15) is 13.3 Å². The van der Waals surface area contributed by atoms with E-state index in [9.17, 15) is 4.79 Å². The van der Waals surface area contributed by atoms with Gasteiger partial charge in [0, 0.05) is 19.5 Å². The fourth-order valence-electron chi connectivity index (χ4n) is 1.31. The first-order valence-corrected chi connectivity index (χ1v) is 5.97. The lowest BCUT2D eigenvalue weighted by Gasteiger charge is -2.25. The lowest BCUT2D eigenvalue weighted by molar-refractivity contribution is 0.316. The Labute approximate surface area is 112 Å². The Kier molecular flexibility index (Phi) is 4.73. The average Bonchev–Trinajstić information content (AvgIpc) is 2.31. The molecule has 0 spiro atoms. The third-order valence-electron chi connectivity index (χ3n) is 2.41. The van der Waals surface area contributed by atoms with E-state index in [0.717, 1.165) is 0 Å². The first kappa shape index (κ1) is 13.7. The van der Waals surface area contributed by atoms with Crippen molar-refractivity contribution in [3.8, 4) is 0 Å². The van der Waals surface area contributed by atoms with Crippen molar-refractivity contribution in [1.82, 2.24) is 9.97 Å². The molecule has 0 aliphatic carbocycles. The van der Waals surface area contributed by atoms with E-state index < -0.39 is 0 Å². The number of hydrogen-bond donors (Lipinski definition) is 3. The van der Waals surface area contributed by atoms with Gasteiger partial charge in [0.25, 0.3) is 5.56 Å². The minimum atomic E-state index is -0.182. The Morgan fingerprint density at radius 2 is 2.47 bits per heavy atom. The van der Waals surface area contributed by atoms with Crippen LogP contribution in [0.3, 0.4) is 0 Å². The van der Waals surface area contributed by atoms with Gasteiger partial charge in [-0.2, -0.15) is 0 Å². The third kappa shape index (κ3) is 3.32. The first-order chi connectivity index (χ1) is 7.97. The molecule has 0 aliphatic rings. The summed E-state index contributed by atoms with van der Waals surface area (Å²) >= 11 is 1.94. The largest absolute Gasteiger partial charge is 0.409 e. The van der Waals surface area contributed by atoms with Crippen LogP contribution < -0.4 is 16.2 Å². The summed E-state index contributed by atoms with van der Waals surface area (Å²) in [5.41, 5.74) is 5.26. The van der Waals surface area contributed by atoms with Crippen molar-refractivity contribution in [2.24, 2.45) is 10.9 Å². The highest BCUT2D eigenvalue weighted by Crippen LogP contribution is 2.17. The Morgan fingerprint density at radius 1 is 1.82 bits per heavy atom. The SMILES string of the molecule is CC(CC(N)=NO)N(C)c1nc[nH]c(=O)c1I. The van der Waals surface area contributed by atoms with Crippen molar-refractivity contribution in [1.29, 1.82) is 0 Å². The zero-order valence-electron chi connectivity index (χ0n) is 9.51. The number of halogens is 1. The van der Waals surface area contributed by atoms with Gasteiger partial charge >= 0.3 is 0 Å². The van der Waals surface area contributed by atoms with Gasteiger partial charge in [0.1, 0.15) is 15.2 Å². The second kappa shape index (κ2) is 5.84. The van der Waals surface area contributed by atoms with Crippen LogP contribution in [0.15, 0.2) is 16.3 Å². The molecule has 4 N–H and O–H groups in total. The summed E-state index contributed by atoms with van der Waals surface area (Å²) in [7, 11) is 1.80. The summed E-state index contributed by atoms with van der Waals surface area (Å²) in [4.78, 5) is 19.9. The number of aromatic nitrogens is 2. The van der Waals surface area contributed by atoms with Crippen LogP contribution in [0, 0.1) is 3.57 Å². The molecule has 7 nitrogen and oxygen atoms in total. The van der Waals surface area contributed by atoms with Crippen LogP contribution >= 0.6 is 22.6 Å². The molecule has 1 aromatic rings. The molecule has 1 rings (SSSR count). The molecule has 1 atom stereocenters. The fourth-order valence-corrected chi connectivity index (χ4v) is 1.98. The van der Waals surface area contributed by atoms with E-state index in [1.54, 1.807) is 7.05 Å². The summed E-state index contributed by atoms with van der Waals surface area (Å²) in [5, 5.41) is 11.4. The highest BCUT2D eigenvalue weighted by molar-refractivity contribution is 14.1. The molecule has 0 bridgehead atoms. The van der Waals surface area contributed by atoms with Crippen molar-refractivity contribution in [2.75, 3.05) is 11.9 Å². The number of amidine groups is 1. The maximum absolute atomic E-state index is 11.4. The Balaban J connectivity index is 2.92. The number of nitrogens with zero attached hydrogens (tertiary/aromatic N) is 3. The highest BCUT2D eigenvalue weighted by Gasteiger charge is 2.16. The van der Waals surface area contributed by atoms with Crippen LogP contribution in [0.5, 0.6) is 0 Å². The van der Waals surface area contributed by atoms with E-state index in [4.69, 9.17) is 10.9 Å². The molecule has 1 heterocycles. The molecule has 0 saturated carbocycles. The molecule has 1 aromatic heterocycles. The lowest BCUT2D eigenvalue weighted by Crippen LogP contribution is -2.35. The van der Waals surface area contributed by atoms with Crippen molar-refractivity contribution >= 4 is 34.2 Å². The van der Waals surface area contributed by atoms with Gasteiger partial charge in [0.15, 0.2) is 0 Å². The van der Waals surface area contributed by atoms with Gasteiger partial charge < -0.3 is 20.8 Å². The summed E-state index contributed by atoms with van der Waals surface area (Å²) in [6.07, 6.45) is 1.74. The molecule has 0 fully saturated rings. The topological polar surface area (TPSA) is 108 Å². The first-order valence-electron chi connectivity index (χ1n) is 4.89. The van der Waals surface area contributed by atoms with E-state index in [2.05, 4.69) is 15.1 Å². The number of aromatic amines is 1. The molecule has 94 valence electrons. The number of anilines is 1. The van der Waals surface area contributed by atoms with Crippen LogP contribution in [0.4, 0.5) is 5.82 Å². The van der Waals surface area contributed by atoms with Crippen LogP contribution in [-0.4, -0.2) is 34.1 Å². The van der Waals surface area contributed by atoms with E-state index in [1.165, 1.54) is 6.33 Å². The Bertz CT molecular complexity index is 473. The molecule has 0 aromatic carbocycles. The number of nitrogens with one attached hydrogen (secondary N) is 1. The maximum Gasteiger partial charge on any atom is 0.266 e. The van der Waals surface area contributed by atoms with Crippen LogP contribution in [-0.2, 0) is 0 Å². The number of nitrogens with two attached hydrogens (primary N) is 1. The molecular formula is C9H14IN5O2. The Morgan fingerprint density at radius 3 is 3.06 bits per heavy atom. The van der Waals surface area contributed by atoms with Crippen molar-refractivity contribution in [3.63, 3.8) is 0 Å². The maximum atomic E-state index is 11.4. The fraction of sp³-hybridized carbons (Fsp3) is 0.444. The predicted molar refractivity (Wildman–Crippen MR) is 73.5 cm³/mol. The van der Waals surface area contributed by atoms with Crippen LogP contribution in [0.2, 0.25) is 0 Å². The summed E-state index contributed by atoms with van der Waals surface area (Å²) in [5.74, 6) is 0.719. The minimum absolute atomic E-state index is 0.0336. The van der Waals surface area contributed by atoms with Crippen molar-refractivity contribution in [3.05, 3.63) is 20.3 Å². The molecular weight excluding hydrogens is 337 g/mol. The Hall–Kier alpha value is -1.32. The predicted octanol–water partition coefficient (Wildman–Crippen LogP) is 0.336. The summed E-state index contributed by atoms with van der Waals surface area (Å²) in [6, 6.07) is -0.0336. The second-order valence-corrected chi connectivity index (χ2v) is 4.70. The smallest absolute Gasteiger partial charge is 0.266 e. The third-order valence-corrected chi connectivity index (χ3v) is 3.38. The van der Waals surface area contributed by atoms with E-state index in [-0.39, 0.29) is 17.4 Å². The standard InChI is InChI=1S/C9H14IN5O2/c1-5(3-6(11)14-17)15(2)8-7(10)9(16)13-4-12-8/h4-5,17H,3H2,1-2H3,(H2,11,14)(H,12,13,16). The zero-order valence-corrected chi connectivity index (χ0v) is 11.7. The van der Waals surface area contributed by atoms with Gasteiger partial charge in [-0.3, -0.25) is 4.79 Å². The monoisotopic (exact) mass is 351 g/mol. The summed E-state index contributed by atoms with van der Waals surface area (Å²) < 4.78 is 0.513. The van der Waals surface area contributed by atoms with E-state index >= 15 is 0 Å². The van der Waals surface area contributed by atoms with Crippen molar-refractivity contribution in [2.45, 2.75) is 19.4 Å². The normalized spacial score (nSPS) is 13.5. The van der Waals surface area contributed by atoms with Crippen LogP contribution in [0.25, 0.3) is 0 Å². The van der Waals surface area contributed by atoms with Gasteiger partial charge in [-0.1, -0.05) is 5.16 Å². The number of oxime groups is 1. The van der Waals surface area contributed by atoms with Gasteiger partial charge in [0.05, 0.1) is 6.33 Å². The quantitative estimate of drug-likeness (QED) is 0.238. The molecule has 17 heavy (non-hydrogen) atoms. The minimum Gasteiger partial charge on any atom is -0.409 e. The van der Waals surface area contributed by atoms with E-state index in [1.807, 2.05) is 34.4 Å². The van der Waals surface area contributed by atoms with Crippen molar-refractivity contribution < 1.29 is 5.21 Å². The van der Waals surface area contributed by atoms with E-state index in [0.29, 0.717) is 15.8 Å². The molecule has 0 saturated heterocycles. The average molecular weight is 351 g/mol. The number of rotatable bonds is 4. The molecule has 0 radical (unpaired) electrons. The molecule has 1 unspecified atom stereocenters. The second-order valence-electron chi connectivity index (χ2n) is 3.62. The molecule has 0 aliphatic heterocycles. The van der Waals surface area contributed by atoms with Gasteiger partial charge in [-0.05, 0) is 29.5 Å². The summed E-state index contributed by atoms with van der Waals surface area (Å²) in [6.45, 7) is 1.90. The molecule has 8 heteroatoms. The lowest BCUT2D eigenvalue weighted by atomic mass is 10.2. The van der Waals surface area contributed by atoms with Gasteiger partial charge in [-0.25, -0.2) is 4.98 Å². The van der Waals surface area contributed by atoms with Gasteiger partial charge in [0.2, 0.25) is 0 Å². The zero-order chi connectivity index (χ0) is 13.0. The number of H-pyrrole nitrogens is 1. The highest BCUT2D eigenvalue weighted by atomic mass is 127.